The number of anilines is 1. The zero-order valence-corrected chi connectivity index (χ0v) is 17.1. The summed E-state index contributed by atoms with van der Waals surface area (Å²) < 4.78 is 19.1. The molecule has 0 radical (unpaired) electrons. The first-order valence-corrected chi connectivity index (χ1v) is 9.93. The Bertz CT molecular complexity index is 1030. The molecule has 1 aromatic heterocycles. The summed E-state index contributed by atoms with van der Waals surface area (Å²) in [6, 6.07) is 4.26. The van der Waals surface area contributed by atoms with Crippen molar-refractivity contribution in [1.82, 2.24) is 9.80 Å². The van der Waals surface area contributed by atoms with Gasteiger partial charge < -0.3 is 19.4 Å². The van der Waals surface area contributed by atoms with Gasteiger partial charge in [0.1, 0.15) is 11.5 Å². The number of nitrogens with zero attached hydrogens (tertiary/aromatic N) is 3. The van der Waals surface area contributed by atoms with Gasteiger partial charge in [0, 0.05) is 25.5 Å². The van der Waals surface area contributed by atoms with E-state index in [-0.39, 0.29) is 35.6 Å². The van der Waals surface area contributed by atoms with Gasteiger partial charge in [-0.25, -0.2) is 4.39 Å². The normalized spacial score (nSPS) is 16.5. The van der Waals surface area contributed by atoms with Crippen LogP contribution in [0, 0.1) is 5.82 Å². The zero-order valence-electron chi connectivity index (χ0n) is 16.3. The molecule has 29 heavy (non-hydrogen) atoms. The molecular formula is C20H20FN3O4S. The Morgan fingerprint density at radius 3 is 2.69 bits per heavy atom. The van der Waals surface area contributed by atoms with Gasteiger partial charge in [0.25, 0.3) is 11.8 Å². The number of rotatable bonds is 2. The van der Waals surface area contributed by atoms with Gasteiger partial charge in [-0.05, 0) is 24.1 Å². The summed E-state index contributed by atoms with van der Waals surface area (Å²) in [6.45, 7) is 0.726. The van der Waals surface area contributed by atoms with Crippen LogP contribution in [0.5, 0.6) is 5.75 Å². The van der Waals surface area contributed by atoms with Crippen LogP contribution in [0.25, 0.3) is 0 Å². The number of halogens is 1. The van der Waals surface area contributed by atoms with Crippen LogP contribution >= 0.6 is 11.3 Å². The molecule has 2 aliphatic heterocycles. The van der Waals surface area contributed by atoms with E-state index in [1.165, 1.54) is 46.4 Å². The van der Waals surface area contributed by atoms with Gasteiger partial charge in [-0.2, -0.15) is 0 Å². The number of fused-ring (bicyclic) bond motifs is 3. The van der Waals surface area contributed by atoms with Crippen molar-refractivity contribution in [2.45, 2.75) is 13.0 Å². The van der Waals surface area contributed by atoms with E-state index in [0.717, 1.165) is 10.4 Å². The Labute approximate surface area is 171 Å². The SMILES string of the molecule is COc1c(F)cccc1C(=O)N1CCc2c(sc3c2C(=O)N(C)CC(=O)N3C)C1. The van der Waals surface area contributed by atoms with Crippen LogP contribution in [-0.2, 0) is 17.8 Å². The Morgan fingerprint density at radius 1 is 1.21 bits per heavy atom. The molecule has 152 valence electrons. The molecule has 9 heteroatoms. The Balaban J connectivity index is 1.69. The second-order valence-electron chi connectivity index (χ2n) is 7.10. The number of thiophene rings is 1. The number of benzene rings is 1. The fraction of sp³-hybridized carbons (Fsp3) is 0.350. The summed E-state index contributed by atoms with van der Waals surface area (Å²) in [5.41, 5.74) is 1.60. The minimum absolute atomic E-state index is 0.0372. The minimum atomic E-state index is -0.590. The molecule has 2 aromatic rings. The van der Waals surface area contributed by atoms with Crippen LogP contribution in [0.1, 0.15) is 31.2 Å². The molecule has 2 aliphatic rings. The summed E-state index contributed by atoms with van der Waals surface area (Å²) in [4.78, 5) is 43.6. The van der Waals surface area contributed by atoms with Crippen molar-refractivity contribution in [3.63, 3.8) is 0 Å². The third-order valence-electron chi connectivity index (χ3n) is 5.34. The van der Waals surface area contributed by atoms with Crippen LogP contribution < -0.4 is 9.64 Å². The number of hydrogen-bond donors (Lipinski definition) is 0. The number of amides is 3. The van der Waals surface area contributed by atoms with Gasteiger partial charge in [-0.1, -0.05) is 6.07 Å². The summed E-state index contributed by atoms with van der Waals surface area (Å²) in [6.07, 6.45) is 0.492. The Kier molecular flexibility index (Phi) is 4.77. The molecule has 4 rings (SSSR count). The van der Waals surface area contributed by atoms with E-state index in [9.17, 15) is 18.8 Å². The van der Waals surface area contributed by atoms with Gasteiger partial charge >= 0.3 is 0 Å². The number of carbonyl (C=O) groups is 3. The van der Waals surface area contributed by atoms with Crippen molar-refractivity contribution in [3.8, 4) is 5.75 Å². The molecule has 0 saturated heterocycles. The second-order valence-corrected chi connectivity index (χ2v) is 8.18. The molecule has 0 atom stereocenters. The first-order chi connectivity index (χ1) is 13.8. The third-order valence-corrected chi connectivity index (χ3v) is 6.63. The lowest BCUT2D eigenvalue weighted by Gasteiger charge is -2.28. The highest BCUT2D eigenvalue weighted by molar-refractivity contribution is 7.17. The molecule has 0 aliphatic carbocycles. The average molecular weight is 417 g/mol. The Hall–Kier alpha value is -2.94. The van der Waals surface area contributed by atoms with E-state index < -0.39 is 5.82 Å². The number of carbonyl (C=O) groups excluding carboxylic acids is 3. The van der Waals surface area contributed by atoms with Gasteiger partial charge in [0.2, 0.25) is 5.91 Å². The summed E-state index contributed by atoms with van der Waals surface area (Å²) >= 11 is 1.36. The van der Waals surface area contributed by atoms with E-state index in [1.807, 2.05) is 0 Å². The number of methoxy groups -OCH3 is 1. The number of hydrogen-bond acceptors (Lipinski definition) is 5. The highest BCUT2D eigenvalue weighted by Crippen LogP contribution is 2.41. The highest BCUT2D eigenvalue weighted by atomic mass is 32.1. The molecule has 7 nitrogen and oxygen atoms in total. The van der Waals surface area contributed by atoms with Crippen molar-refractivity contribution in [1.29, 1.82) is 0 Å². The van der Waals surface area contributed by atoms with Gasteiger partial charge in [-0.3, -0.25) is 14.4 Å². The molecule has 0 saturated carbocycles. The van der Waals surface area contributed by atoms with E-state index in [1.54, 1.807) is 19.0 Å². The van der Waals surface area contributed by atoms with Gasteiger partial charge in [0.05, 0.1) is 24.8 Å². The lowest BCUT2D eigenvalue weighted by Crippen LogP contribution is -2.37. The maximum absolute atomic E-state index is 14.0. The largest absolute Gasteiger partial charge is 0.493 e. The standard InChI is InChI=1S/C20H20FN3O4S/c1-22-10-15(25)23(2)20-16(19(22)27)11-7-8-24(9-14(11)29-20)18(26)12-5-4-6-13(21)17(12)28-3/h4-6H,7-10H2,1-3H3. The molecule has 0 unspecified atom stereocenters. The maximum atomic E-state index is 14.0. The molecule has 3 amide bonds. The lowest BCUT2D eigenvalue weighted by molar-refractivity contribution is -0.118. The highest BCUT2D eigenvalue weighted by Gasteiger charge is 2.36. The second kappa shape index (κ2) is 7.14. The number of likely N-dealkylation sites (N-methyl/N-ethyl adjacent to an activating group) is 2. The maximum Gasteiger partial charge on any atom is 0.258 e. The molecular weight excluding hydrogens is 397 g/mol. The predicted molar refractivity (Wildman–Crippen MR) is 106 cm³/mol. The predicted octanol–water partition coefficient (Wildman–Crippen LogP) is 2.14. The van der Waals surface area contributed by atoms with E-state index >= 15 is 0 Å². The van der Waals surface area contributed by atoms with Crippen LogP contribution in [0.2, 0.25) is 0 Å². The fourth-order valence-electron chi connectivity index (χ4n) is 3.76. The van der Waals surface area contributed by atoms with Crippen LogP contribution in [0.4, 0.5) is 9.39 Å². The average Bonchev–Trinajstić information content (AvgIpc) is 3.06. The molecule has 0 N–H and O–H groups in total. The van der Waals surface area contributed by atoms with Crippen molar-refractivity contribution < 1.29 is 23.5 Å². The fourth-order valence-corrected chi connectivity index (χ4v) is 5.09. The van der Waals surface area contributed by atoms with Crippen molar-refractivity contribution >= 4 is 34.1 Å². The lowest BCUT2D eigenvalue weighted by atomic mass is 10.0. The first-order valence-electron chi connectivity index (χ1n) is 9.11. The smallest absolute Gasteiger partial charge is 0.258 e. The molecule has 3 heterocycles. The quantitative estimate of drug-likeness (QED) is 0.751. The first kappa shape index (κ1) is 19.4. The zero-order chi connectivity index (χ0) is 20.9. The third kappa shape index (κ3) is 3.05. The molecule has 1 aromatic carbocycles. The molecule has 0 bridgehead atoms. The monoisotopic (exact) mass is 417 g/mol. The van der Waals surface area contributed by atoms with Crippen molar-refractivity contribution in [3.05, 3.63) is 45.6 Å². The summed E-state index contributed by atoms with van der Waals surface area (Å²) in [5, 5.41) is 0.618. The minimum Gasteiger partial charge on any atom is -0.493 e. The van der Waals surface area contributed by atoms with E-state index in [0.29, 0.717) is 30.1 Å². The number of ether oxygens (including phenoxy) is 1. The van der Waals surface area contributed by atoms with Crippen LogP contribution in [-0.4, -0.2) is 61.8 Å². The Morgan fingerprint density at radius 2 is 1.97 bits per heavy atom. The van der Waals surface area contributed by atoms with Crippen LogP contribution in [0.15, 0.2) is 18.2 Å². The van der Waals surface area contributed by atoms with Gasteiger partial charge in [0.15, 0.2) is 11.6 Å². The summed E-state index contributed by atoms with van der Waals surface area (Å²) in [7, 11) is 4.60. The van der Waals surface area contributed by atoms with E-state index in [2.05, 4.69) is 0 Å². The van der Waals surface area contributed by atoms with Crippen molar-refractivity contribution in [2.24, 2.45) is 0 Å². The molecule has 0 fully saturated rings. The van der Waals surface area contributed by atoms with Gasteiger partial charge in [-0.15, -0.1) is 11.3 Å². The van der Waals surface area contributed by atoms with E-state index in [4.69, 9.17) is 4.74 Å². The summed E-state index contributed by atoms with van der Waals surface area (Å²) in [5.74, 6) is -1.33. The topological polar surface area (TPSA) is 70.2 Å². The van der Waals surface area contributed by atoms with Crippen LogP contribution in [0.3, 0.4) is 0 Å². The van der Waals surface area contributed by atoms with Crippen molar-refractivity contribution in [2.75, 3.05) is 39.2 Å². The number of para-hydroxylation sites is 1. The molecule has 0 spiro atoms.